The van der Waals surface area contributed by atoms with E-state index in [9.17, 15) is 21.4 Å². The van der Waals surface area contributed by atoms with Gasteiger partial charge in [-0.05, 0) is 38.0 Å². The molecule has 0 spiro atoms. The van der Waals surface area contributed by atoms with E-state index >= 15 is 0 Å². The normalized spacial score (nSPS) is 26.2. The van der Waals surface area contributed by atoms with Crippen molar-refractivity contribution in [3.05, 3.63) is 23.8 Å². The first-order valence-corrected chi connectivity index (χ1v) is 9.80. The second kappa shape index (κ2) is 6.46. The molecular formula is C13H18O8S2. The van der Waals surface area contributed by atoms with Crippen LogP contribution in [0.5, 0.6) is 0 Å². The predicted octanol–water partition coefficient (Wildman–Crippen LogP) is 1.78. The van der Waals surface area contributed by atoms with Crippen LogP contribution in [-0.2, 0) is 29.7 Å². The van der Waals surface area contributed by atoms with Crippen LogP contribution >= 0.6 is 0 Å². The van der Waals surface area contributed by atoms with E-state index in [1.54, 1.807) is 6.92 Å². The summed E-state index contributed by atoms with van der Waals surface area (Å²) in [5.41, 5.74) is -0.173. The van der Waals surface area contributed by atoms with Crippen molar-refractivity contribution in [1.82, 2.24) is 0 Å². The van der Waals surface area contributed by atoms with Crippen LogP contribution in [0.15, 0.2) is 28.0 Å². The van der Waals surface area contributed by atoms with Crippen molar-refractivity contribution in [3.63, 3.8) is 0 Å². The van der Waals surface area contributed by atoms with E-state index in [-0.39, 0.29) is 17.8 Å². The zero-order valence-electron chi connectivity index (χ0n) is 12.5. The van der Waals surface area contributed by atoms with Gasteiger partial charge in [-0.1, -0.05) is 6.92 Å². The molecule has 0 saturated carbocycles. The Bertz CT molecular complexity index is 784. The molecule has 8 nitrogen and oxygen atoms in total. The maximum absolute atomic E-state index is 11.5. The average Bonchev–Trinajstić information content (AvgIpc) is 2.44. The molecular weight excluding hydrogens is 348 g/mol. The number of hydrogen-bond donors (Lipinski definition) is 2. The smallest absolute Gasteiger partial charge is 0.294 e. The Morgan fingerprint density at radius 3 is 2.30 bits per heavy atom. The minimum absolute atomic E-state index is 0.173. The molecule has 1 saturated heterocycles. The maximum atomic E-state index is 11.5. The number of hydrogen-bond acceptors (Lipinski definition) is 6. The van der Waals surface area contributed by atoms with E-state index in [0.717, 1.165) is 18.2 Å². The first-order valence-electron chi connectivity index (χ1n) is 6.92. The number of benzene rings is 1. The molecule has 130 valence electrons. The largest absolute Gasteiger partial charge is 0.345 e. The summed E-state index contributed by atoms with van der Waals surface area (Å²) in [6, 6.07) is 2.69. The first kappa shape index (κ1) is 18.3. The highest BCUT2D eigenvalue weighted by atomic mass is 32.2. The summed E-state index contributed by atoms with van der Waals surface area (Å²) < 4.78 is 75.2. The maximum Gasteiger partial charge on any atom is 0.294 e. The monoisotopic (exact) mass is 366 g/mol. The molecule has 2 rings (SSSR count). The van der Waals surface area contributed by atoms with Crippen LogP contribution < -0.4 is 0 Å². The summed E-state index contributed by atoms with van der Waals surface area (Å²) in [6.07, 6.45) is -0.354. The second-order valence-electron chi connectivity index (χ2n) is 5.33. The van der Waals surface area contributed by atoms with E-state index < -0.39 is 36.3 Å². The lowest BCUT2D eigenvalue weighted by molar-refractivity contribution is -0.245. The molecule has 1 aromatic carbocycles. The highest BCUT2D eigenvalue weighted by Crippen LogP contribution is 2.35. The third kappa shape index (κ3) is 4.28. The fraction of sp³-hybridized carbons (Fsp3) is 0.538. The van der Waals surface area contributed by atoms with Crippen LogP contribution in [0.25, 0.3) is 0 Å². The SMILES string of the molecule is CCC1CC(C)OC(c2cc(S(=O)(=O)O)ccc2S(=O)(=O)O)O1. The molecule has 10 heteroatoms. The van der Waals surface area contributed by atoms with Gasteiger partial charge >= 0.3 is 0 Å². The molecule has 3 atom stereocenters. The zero-order chi connectivity index (χ0) is 17.4. The molecule has 1 heterocycles. The van der Waals surface area contributed by atoms with E-state index in [1.165, 1.54) is 0 Å². The van der Waals surface area contributed by atoms with Crippen LogP contribution in [0.1, 0.15) is 38.5 Å². The molecule has 1 aliphatic rings. The van der Waals surface area contributed by atoms with Gasteiger partial charge in [-0.3, -0.25) is 9.11 Å². The van der Waals surface area contributed by atoms with Crippen LogP contribution in [0.4, 0.5) is 0 Å². The molecule has 0 radical (unpaired) electrons. The molecule has 1 fully saturated rings. The molecule has 0 bridgehead atoms. The van der Waals surface area contributed by atoms with Crippen molar-refractivity contribution < 1.29 is 35.4 Å². The third-order valence-corrected chi connectivity index (χ3v) is 5.31. The Kier molecular flexibility index (Phi) is 5.14. The number of rotatable bonds is 4. The molecule has 3 unspecified atom stereocenters. The van der Waals surface area contributed by atoms with Crippen molar-refractivity contribution in [3.8, 4) is 0 Å². The lowest BCUT2D eigenvalue weighted by Gasteiger charge is -2.34. The highest BCUT2D eigenvalue weighted by Gasteiger charge is 2.32. The third-order valence-electron chi connectivity index (χ3n) is 3.53. The Hall–Kier alpha value is -1.04. The summed E-state index contributed by atoms with van der Waals surface area (Å²) in [4.78, 5) is -1.04. The van der Waals surface area contributed by atoms with Gasteiger partial charge in [0.1, 0.15) is 4.90 Å². The van der Waals surface area contributed by atoms with Gasteiger partial charge in [0.05, 0.1) is 17.1 Å². The minimum Gasteiger partial charge on any atom is -0.345 e. The summed E-state index contributed by atoms with van der Waals surface area (Å²) in [5, 5.41) is 0. The van der Waals surface area contributed by atoms with Crippen molar-refractivity contribution in [2.75, 3.05) is 0 Å². The van der Waals surface area contributed by atoms with Crippen molar-refractivity contribution >= 4 is 20.2 Å². The molecule has 0 amide bonds. The Labute approximate surface area is 134 Å². The van der Waals surface area contributed by atoms with Gasteiger partial charge in [-0.15, -0.1) is 0 Å². The Morgan fingerprint density at radius 2 is 1.78 bits per heavy atom. The molecule has 1 aromatic rings. The van der Waals surface area contributed by atoms with E-state index in [2.05, 4.69) is 0 Å². The topological polar surface area (TPSA) is 127 Å². The van der Waals surface area contributed by atoms with Crippen LogP contribution in [0, 0.1) is 0 Å². The average molecular weight is 366 g/mol. The van der Waals surface area contributed by atoms with Gasteiger partial charge in [0.15, 0.2) is 6.29 Å². The van der Waals surface area contributed by atoms with Gasteiger partial charge in [0, 0.05) is 5.56 Å². The summed E-state index contributed by atoms with van der Waals surface area (Å²) >= 11 is 0. The van der Waals surface area contributed by atoms with Crippen molar-refractivity contribution in [2.24, 2.45) is 0 Å². The first-order chi connectivity index (χ1) is 10.5. The predicted molar refractivity (Wildman–Crippen MR) is 79.1 cm³/mol. The lowest BCUT2D eigenvalue weighted by Crippen LogP contribution is -2.32. The quantitative estimate of drug-likeness (QED) is 0.772. The van der Waals surface area contributed by atoms with E-state index in [0.29, 0.717) is 12.8 Å². The Morgan fingerprint density at radius 1 is 1.13 bits per heavy atom. The molecule has 0 aliphatic carbocycles. The van der Waals surface area contributed by atoms with Crippen LogP contribution in [0.3, 0.4) is 0 Å². The molecule has 1 aliphatic heterocycles. The fourth-order valence-electron chi connectivity index (χ4n) is 2.41. The highest BCUT2D eigenvalue weighted by molar-refractivity contribution is 7.86. The molecule has 23 heavy (non-hydrogen) atoms. The standard InChI is InChI=1S/C13H18O8S2/c1-3-9-6-8(2)20-13(21-9)11-7-10(22(14,15)16)4-5-12(11)23(17,18)19/h4-5,7-9,13H,3,6H2,1-2H3,(H,14,15,16)(H,17,18,19). The van der Waals surface area contributed by atoms with Gasteiger partial charge in [-0.25, -0.2) is 0 Å². The van der Waals surface area contributed by atoms with Gasteiger partial charge in [-0.2, -0.15) is 16.8 Å². The van der Waals surface area contributed by atoms with Crippen molar-refractivity contribution in [1.29, 1.82) is 0 Å². The second-order valence-corrected chi connectivity index (χ2v) is 8.14. The Balaban J connectivity index is 2.57. The molecule has 2 N–H and O–H groups in total. The number of ether oxygens (including phenoxy) is 2. The lowest BCUT2D eigenvalue weighted by atomic mass is 10.1. The zero-order valence-corrected chi connectivity index (χ0v) is 14.2. The fourth-order valence-corrected chi connectivity index (χ4v) is 3.62. The van der Waals surface area contributed by atoms with Gasteiger partial charge < -0.3 is 9.47 Å². The van der Waals surface area contributed by atoms with Gasteiger partial charge in [0.25, 0.3) is 20.2 Å². The van der Waals surface area contributed by atoms with Crippen LogP contribution in [0.2, 0.25) is 0 Å². The summed E-state index contributed by atoms with van der Waals surface area (Å²) in [5.74, 6) is 0. The van der Waals surface area contributed by atoms with E-state index in [1.807, 2.05) is 6.92 Å². The van der Waals surface area contributed by atoms with Gasteiger partial charge in [0.2, 0.25) is 0 Å². The van der Waals surface area contributed by atoms with Crippen molar-refractivity contribution in [2.45, 2.75) is 55.0 Å². The van der Waals surface area contributed by atoms with Crippen LogP contribution in [-0.4, -0.2) is 38.1 Å². The summed E-state index contributed by atoms with van der Waals surface area (Å²) in [6.45, 7) is 3.66. The summed E-state index contributed by atoms with van der Waals surface area (Å²) in [7, 11) is -9.17. The molecule has 0 aromatic heterocycles. The minimum atomic E-state index is -4.62. The van der Waals surface area contributed by atoms with E-state index in [4.69, 9.17) is 14.0 Å².